The predicted molar refractivity (Wildman–Crippen MR) is 146 cm³/mol. The number of nitrogens with one attached hydrogen (secondary N) is 2. The minimum Gasteiger partial charge on any atom is -0.480 e. The summed E-state index contributed by atoms with van der Waals surface area (Å²) in [4.78, 5) is 17.6. The molecule has 11 heteroatoms. The Balaban J connectivity index is 1.48. The highest BCUT2D eigenvalue weighted by Crippen LogP contribution is 2.38. The molecule has 1 atom stereocenters. The van der Waals surface area contributed by atoms with E-state index in [1.54, 1.807) is 31.3 Å². The number of rotatable bonds is 6. The standard InChI is InChI=1S/C28H35F3N6O2/c1-17(28(29,30)31)39-24-16-19(14-22-25(24)26(32)35-34-22)18-8-9-21(27(38)33-2)23(15-18)37-12-10-36(11-13-37)20-6-4-3-5-7-20/h8-9,14-17,20H,3-7,10-13H2,1-2H3,(H,33,38)(H3,32,34,35)/t17-/m1/s1. The number of halogens is 3. The average molecular weight is 545 g/mol. The summed E-state index contributed by atoms with van der Waals surface area (Å²) in [7, 11) is 1.60. The Kier molecular flexibility index (Phi) is 7.61. The Labute approximate surface area is 225 Å². The van der Waals surface area contributed by atoms with Gasteiger partial charge in [0.25, 0.3) is 5.91 Å². The van der Waals surface area contributed by atoms with Crippen LogP contribution in [-0.2, 0) is 0 Å². The predicted octanol–water partition coefficient (Wildman–Crippen LogP) is 4.96. The summed E-state index contributed by atoms with van der Waals surface area (Å²) in [6.07, 6.45) is -0.188. The van der Waals surface area contributed by atoms with E-state index in [0.717, 1.165) is 44.4 Å². The summed E-state index contributed by atoms with van der Waals surface area (Å²) in [5.41, 5.74) is 9.13. The summed E-state index contributed by atoms with van der Waals surface area (Å²) < 4.78 is 45.3. The second-order valence-electron chi connectivity index (χ2n) is 10.4. The van der Waals surface area contributed by atoms with Crippen LogP contribution in [0.1, 0.15) is 49.4 Å². The fraction of sp³-hybridized carbons (Fsp3) is 0.500. The van der Waals surface area contributed by atoms with Gasteiger partial charge < -0.3 is 20.7 Å². The van der Waals surface area contributed by atoms with E-state index in [9.17, 15) is 18.0 Å². The lowest BCUT2D eigenvalue weighted by Crippen LogP contribution is -2.51. The minimum atomic E-state index is -4.54. The molecule has 1 saturated heterocycles. The number of aromatic nitrogens is 2. The van der Waals surface area contributed by atoms with Gasteiger partial charge in [0.1, 0.15) is 5.75 Å². The van der Waals surface area contributed by atoms with Gasteiger partial charge in [-0.05, 0) is 55.2 Å². The third-order valence-corrected chi connectivity index (χ3v) is 7.97. The Morgan fingerprint density at radius 1 is 1.10 bits per heavy atom. The topological polar surface area (TPSA) is 99.5 Å². The molecule has 1 aliphatic carbocycles. The number of benzene rings is 2. The van der Waals surface area contributed by atoms with Gasteiger partial charge in [0, 0.05) is 39.3 Å². The van der Waals surface area contributed by atoms with Crippen molar-refractivity contribution in [3.05, 3.63) is 35.9 Å². The summed E-state index contributed by atoms with van der Waals surface area (Å²) in [5, 5.41) is 9.78. The van der Waals surface area contributed by atoms with Crippen LogP contribution in [0.15, 0.2) is 30.3 Å². The Hall–Kier alpha value is -3.47. The highest BCUT2D eigenvalue weighted by molar-refractivity contribution is 6.01. The number of carbonyl (C=O) groups is 1. The van der Waals surface area contributed by atoms with E-state index in [1.165, 1.54) is 32.1 Å². The number of aromatic amines is 1. The zero-order valence-electron chi connectivity index (χ0n) is 22.3. The van der Waals surface area contributed by atoms with Gasteiger partial charge in [-0.3, -0.25) is 14.8 Å². The molecular formula is C28H35F3N6O2. The Morgan fingerprint density at radius 3 is 2.49 bits per heavy atom. The van der Waals surface area contributed by atoms with Gasteiger partial charge in [-0.2, -0.15) is 18.3 Å². The van der Waals surface area contributed by atoms with Crippen molar-refractivity contribution in [2.45, 2.75) is 57.3 Å². The van der Waals surface area contributed by atoms with E-state index in [0.29, 0.717) is 28.1 Å². The second kappa shape index (κ2) is 11.0. The first-order valence-corrected chi connectivity index (χ1v) is 13.5. The summed E-state index contributed by atoms with van der Waals surface area (Å²) >= 11 is 0. The number of amides is 1. The maximum absolute atomic E-state index is 13.3. The van der Waals surface area contributed by atoms with Gasteiger partial charge in [-0.25, -0.2) is 0 Å². The van der Waals surface area contributed by atoms with Crippen LogP contribution in [-0.4, -0.2) is 72.6 Å². The van der Waals surface area contributed by atoms with E-state index >= 15 is 0 Å². The minimum absolute atomic E-state index is 0.00315. The van der Waals surface area contributed by atoms with Crippen molar-refractivity contribution in [1.82, 2.24) is 20.4 Å². The summed E-state index contributed by atoms with van der Waals surface area (Å²) in [6, 6.07) is 9.46. The van der Waals surface area contributed by atoms with Crippen LogP contribution in [0.25, 0.3) is 22.0 Å². The molecule has 39 heavy (non-hydrogen) atoms. The van der Waals surface area contributed by atoms with Gasteiger partial charge in [-0.15, -0.1) is 0 Å². The fourth-order valence-corrected chi connectivity index (χ4v) is 5.73. The Bertz CT molecular complexity index is 1330. The lowest BCUT2D eigenvalue weighted by molar-refractivity contribution is -0.188. The number of hydrogen-bond acceptors (Lipinski definition) is 6. The van der Waals surface area contributed by atoms with Gasteiger partial charge >= 0.3 is 6.18 Å². The van der Waals surface area contributed by atoms with Crippen molar-refractivity contribution in [2.24, 2.45) is 0 Å². The normalized spacial score (nSPS) is 18.3. The van der Waals surface area contributed by atoms with Crippen LogP contribution in [0.3, 0.4) is 0 Å². The Morgan fingerprint density at radius 2 is 1.82 bits per heavy atom. The number of nitrogens with two attached hydrogens (primary N) is 1. The van der Waals surface area contributed by atoms with Crippen LogP contribution in [0, 0.1) is 0 Å². The zero-order chi connectivity index (χ0) is 27.7. The number of H-pyrrole nitrogens is 1. The molecule has 5 rings (SSSR count). The third kappa shape index (κ3) is 5.63. The number of carbonyl (C=O) groups excluding carboxylic acids is 1. The number of anilines is 2. The van der Waals surface area contributed by atoms with Crippen LogP contribution in [0.5, 0.6) is 5.75 Å². The molecule has 0 spiro atoms. The molecule has 1 amide bonds. The van der Waals surface area contributed by atoms with Crippen LogP contribution in [0.4, 0.5) is 24.7 Å². The maximum atomic E-state index is 13.3. The van der Waals surface area contributed by atoms with Gasteiger partial charge in [-0.1, -0.05) is 25.3 Å². The number of alkyl halides is 3. The van der Waals surface area contributed by atoms with Crippen molar-refractivity contribution in [1.29, 1.82) is 0 Å². The molecule has 1 saturated carbocycles. The van der Waals surface area contributed by atoms with E-state index in [1.807, 2.05) is 6.07 Å². The number of piperazine rings is 1. The summed E-state index contributed by atoms with van der Waals surface area (Å²) in [6.45, 7) is 4.39. The van der Waals surface area contributed by atoms with Crippen LogP contribution >= 0.6 is 0 Å². The van der Waals surface area contributed by atoms with Crippen molar-refractivity contribution in [3.63, 3.8) is 0 Å². The second-order valence-corrected chi connectivity index (χ2v) is 10.4. The van der Waals surface area contributed by atoms with E-state index < -0.39 is 12.3 Å². The summed E-state index contributed by atoms with van der Waals surface area (Å²) in [5.74, 6) is -0.130. The monoisotopic (exact) mass is 544 g/mol. The first kappa shape index (κ1) is 27.1. The molecule has 8 nitrogen and oxygen atoms in total. The fourth-order valence-electron chi connectivity index (χ4n) is 5.73. The molecular weight excluding hydrogens is 509 g/mol. The largest absolute Gasteiger partial charge is 0.480 e. The molecule has 2 heterocycles. The van der Waals surface area contributed by atoms with Crippen molar-refractivity contribution >= 4 is 28.3 Å². The zero-order valence-corrected chi connectivity index (χ0v) is 22.3. The number of hydrogen-bond donors (Lipinski definition) is 3. The molecule has 2 fully saturated rings. The van der Waals surface area contributed by atoms with Crippen LogP contribution < -0.4 is 20.7 Å². The third-order valence-electron chi connectivity index (χ3n) is 7.97. The molecule has 2 aromatic carbocycles. The number of nitrogens with zero attached hydrogens (tertiary/aromatic N) is 3. The molecule has 0 bridgehead atoms. The van der Waals surface area contributed by atoms with Gasteiger partial charge in [0.2, 0.25) is 0 Å². The van der Waals surface area contributed by atoms with Gasteiger partial charge in [0.05, 0.1) is 22.2 Å². The lowest BCUT2D eigenvalue weighted by atomic mass is 9.93. The maximum Gasteiger partial charge on any atom is 0.425 e. The van der Waals surface area contributed by atoms with Crippen molar-refractivity contribution in [2.75, 3.05) is 43.9 Å². The number of ether oxygens (including phenoxy) is 1. The smallest absolute Gasteiger partial charge is 0.425 e. The number of fused-ring (bicyclic) bond motifs is 1. The highest BCUT2D eigenvalue weighted by Gasteiger charge is 2.38. The molecule has 1 aromatic heterocycles. The molecule has 1 aliphatic heterocycles. The molecule has 3 aromatic rings. The number of nitrogen functional groups attached to an aromatic ring is 1. The average Bonchev–Trinajstić information content (AvgIpc) is 3.33. The van der Waals surface area contributed by atoms with Crippen LogP contribution in [0.2, 0.25) is 0 Å². The molecule has 0 unspecified atom stereocenters. The molecule has 4 N–H and O–H groups in total. The first-order chi connectivity index (χ1) is 18.7. The first-order valence-electron chi connectivity index (χ1n) is 13.5. The van der Waals surface area contributed by atoms with E-state index in [4.69, 9.17) is 10.5 Å². The lowest BCUT2D eigenvalue weighted by Gasteiger charge is -2.42. The van der Waals surface area contributed by atoms with E-state index in [2.05, 4.69) is 25.3 Å². The van der Waals surface area contributed by atoms with E-state index in [-0.39, 0.29) is 17.5 Å². The molecule has 210 valence electrons. The van der Waals surface area contributed by atoms with Crippen molar-refractivity contribution < 1.29 is 22.7 Å². The quantitative estimate of drug-likeness (QED) is 0.406. The van der Waals surface area contributed by atoms with Crippen molar-refractivity contribution in [3.8, 4) is 16.9 Å². The molecule has 2 aliphatic rings. The van der Waals surface area contributed by atoms with Gasteiger partial charge in [0.15, 0.2) is 11.9 Å². The molecule has 0 radical (unpaired) electrons. The SMILES string of the molecule is CNC(=O)c1ccc(-c2cc(O[C@H](C)C(F)(F)F)c3c(N)n[nH]c3c2)cc1N1CCN(C2CCCCC2)CC1. The highest BCUT2D eigenvalue weighted by atomic mass is 19.4.